The quantitative estimate of drug-likeness (QED) is 0.809. The molecule has 0 radical (unpaired) electrons. The fraction of sp³-hybridized carbons (Fsp3) is 0.500. The van der Waals surface area contributed by atoms with Crippen molar-refractivity contribution in [2.75, 3.05) is 12.4 Å². The summed E-state index contributed by atoms with van der Waals surface area (Å²) in [5.74, 6) is -0.287. The molecule has 1 aromatic carbocycles. The maximum absolute atomic E-state index is 13.7. The monoisotopic (exact) mass is 353 g/mol. The van der Waals surface area contributed by atoms with Crippen LogP contribution in [0.3, 0.4) is 0 Å². The normalized spacial score (nSPS) is 17.1. The number of para-hydroxylation sites is 1. The smallest absolute Gasteiger partial charge is 0.209 e. The topological polar surface area (TPSA) is 34.3 Å². The van der Waals surface area contributed by atoms with E-state index in [1.54, 1.807) is 18.2 Å². The second-order valence-electron chi connectivity index (χ2n) is 6.12. The molecule has 7 heteroatoms. The lowest BCUT2D eigenvalue weighted by atomic mass is 9.95. The van der Waals surface area contributed by atoms with E-state index in [9.17, 15) is 4.39 Å². The van der Waals surface area contributed by atoms with Gasteiger partial charge in [-0.3, -0.25) is 0 Å². The Bertz CT molecular complexity index is 706. The second-order valence-corrected chi connectivity index (χ2v) is 7.74. The molecule has 0 aliphatic heterocycles. The van der Waals surface area contributed by atoms with E-state index >= 15 is 0 Å². The Kier molecular flexibility index (Phi) is 5.40. The highest BCUT2D eigenvalue weighted by Crippen LogP contribution is 2.22. The zero-order chi connectivity index (χ0) is 16.2. The summed E-state index contributed by atoms with van der Waals surface area (Å²) >= 11 is 6.80. The number of nitrogens with zero attached hydrogens (tertiary/aromatic N) is 2. The molecule has 1 atom stereocenters. The Morgan fingerprint density at radius 2 is 2.09 bits per heavy atom. The van der Waals surface area contributed by atoms with E-state index in [-0.39, 0.29) is 5.82 Å². The van der Waals surface area contributed by atoms with Crippen LogP contribution in [0.5, 0.6) is 0 Å². The number of hydrogen-bond acceptors (Lipinski definition) is 4. The summed E-state index contributed by atoms with van der Waals surface area (Å²) in [6.07, 6.45) is 6.57. The SMILES string of the molecule is C[NH+](Cn1nc(Nc2ccccc2F)sc1=S)C1CCCCC1. The maximum atomic E-state index is 13.7. The molecule has 4 nitrogen and oxygen atoms in total. The minimum absolute atomic E-state index is 0.287. The van der Waals surface area contributed by atoms with Gasteiger partial charge in [-0.15, -0.1) is 5.10 Å². The van der Waals surface area contributed by atoms with Gasteiger partial charge in [0.1, 0.15) is 5.82 Å². The van der Waals surface area contributed by atoms with Crippen LogP contribution in [0.1, 0.15) is 32.1 Å². The third kappa shape index (κ3) is 4.16. The van der Waals surface area contributed by atoms with Crippen molar-refractivity contribution < 1.29 is 9.29 Å². The van der Waals surface area contributed by atoms with E-state index in [1.807, 2.05) is 4.68 Å². The van der Waals surface area contributed by atoms with Gasteiger partial charge in [0, 0.05) is 0 Å². The van der Waals surface area contributed by atoms with Gasteiger partial charge >= 0.3 is 0 Å². The molecule has 124 valence electrons. The van der Waals surface area contributed by atoms with Gasteiger partial charge in [-0.2, -0.15) is 4.68 Å². The molecule has 1 saturated carbocycles. The summed E-state index contributed by atoms with van der Waals surface area (Å²) in [7, 11) is 2.21. The van der Waals surface area contributed by atoms with Crippen LogP contribution in [0.25, 0.3) is 0 Å². The van der Waals surface area contributed by atoms with E-state index in [2.05, 4.69) is 17.5 Å². The van der Waals surface area contributed by atoms with Crippen molar-refractivity contribution in [3.05, 3.63) is 34.0 Å². The Labute approximate surface area is 144 Å². The summed E-state index contributed by atoms with van der Waals surface area (Å²) < 4.78 is 16.3. The second kappa shape index (κ2) is 7.51. The maximum Gasteiger partial charge on any atom is 0.209 e. The molecule has 1 unspecified atom stereocenters. The summed E-state index contributed by atoms with van der Waals surface area (Å²) in [6, 6.07) is 7.28. The van der Waals surface area contributed by atoms with Gasteiger partial charge in [-0.25, -0.2) is 4.39 Å². The molecule has 2 aromatic rings. The van der Waals surface area contributed by atoms with Crippen LogP contribution in [-0.4, -0.2) is 22.9 Å². The van der Waals surface area contributed by atoms with E-state index < -0.39 is 0 Å². The zero-order valence-corrected chi connectivity index (χ0v) is 14.9. The lowest BCUT2D eigenvalue weighted by molar-refractivity contribution is -0.930. The Hall–Kier alpha value is -1.31. The van der Waals surface area contributed by atoms with Crippen LogP contribution in [0, 0.1) is 9.77 Å². The molecule has 0 saturated heterocycles. The predicted molar refractivity (Wildman–Crippen MR) is 94.4 cm³/mol. The number of rotatable bonds is 5. The summed E-state index contributed by atoms with van der Waals surface area (Å²) in [4.78, 5) is 1.45. The number of aromatic nitrogens is 2. The number of nitrogens with one attached hydrogen (secondary N) is 2. The molecular weight excluding hydrogens is 331 g/mol. The van der Waals surface area contributed by atoms with Gasteiger partial charge in [0.25, 0.3) is 0 Å². The van der Waals surface area contributed by atoms with Crippen molar-refractivity contribution in [1.29, 1.82) is 0 Å². The highest BCUT2D eigenvalue weighted by molar-refractivity contribution is 7.73. The van der Waals surface area contributed by atoms with Gasteiger partial charge in [0.15, 0.2) is 10.6 Å². The van der Waals surface area contributed by atoms with Crippen LogP contribution in [0.15, 0.2) is 24.3 Å². The van der Waals surface area contributed by atoms with Crippen LogP contribution in [0.2, 0.25) is 0 Å². The summed E-state index contributed by atoms with van der Waals surface area (Å²) in [6.45, 7) is 0.763. The first-order valence-corrected chi connectivity index (χ1v) is 9.28. The molecule has 2 N–H and O–H groups in total. The Morgan fingerprint density at radius 3 is 2.83 bits per heavy atom. The van der Waals surface area contributed by atoms with Crippen LogP contribution >= 0.6 is 23.6 Å². The first-order valence-electron chi connectivity index (χ1n) is 8.05. The lowest BCUT2D eigenvalue weighted by Gasteiger charge is -2.27. The summed E-state index contributed by atoms with van der Waals surface area (Å²) in [5, 5.41) is 8.17. The first-order chi connectivity index (χ1) is 11.1. The molecule has 0 bridgehead atoms. The molecule has 1 aliphatic carbocycles. The van der Waals surface area contributed by atoms with E-state index in [1.165, 1.54) is 54.4 Å². The van der Waals surface area contributed by atoms with Gasteiger partial charge in [0.2, 0.25) is 5.13 Å². The van der Waals surface area contributed by atoms with Crippen molar-refractivity contribution in [1.82, 2.24) is 9.78 Å². The Balaban J connectivity index is 1.68. The van der Waals surface area contributed by atoms with Crippen molar-refractivity contribution in [2.45, 2.75) is 44.8 Å². The van der Waals surface area contributed by atoms with Crippen molar-refractivity contribution in [3.8, 4) is 0 Å². The zero-order valence-electron chi connectivity index (χ0n) is 13.2. The molecule has 23 heavy (non-hydrogen) atoms. The fourth-order valence-corrected chi connectivity index (χ4v) is 4.11. The van der Waals surface area contributed by atoms with Crippen molar-refractivity contribution in [3.63, 3.8) is 0 Å². The summed E-state index contributed by atoms with van der Waals surface area (Å²) in [5.41, 5.74) is 0.427. The minimum Gasteiger partial charge on any atom is -0.328 e. The highest BCUT2D eigenvalue weighted by Gasteiger charge is 2.22. The molecular formula is C16H22FN4S2+. The van der Waals surface area contributed by atoms with E-state index in [0.717, 1.165) is 10.6 Å². The van der Waals surface area contributed by atoms with Crippen molar-refractivity contribution >= 4 is 34.4 Å². The van der Waals surface area contributed by atoms with Crippen LogP contribution in [0.4, 0.5) is 15.2 Å². The number of quaternary nitrogens is 1. The van der Waals surface area contributed by atoms with Crippen LogP contribution < -0.4 is 10.2 Å². The van der Waals surface area contributed by atoms with Gasteiger partial charge in [-0.05, 0) is 50.0 Å². The number of halogens is 1. The standard InChI is InChI=1S/C16H21FN4S2/c1-20(12-7-3-2-4-8-12)11-21-16(22)23-15(19-21)18-14-10-6-5-9-13(14)17/h5-6,9-10,12H,2-4,7-8,11H2,1H3,(H,18,19)/p+1. The first kappa shape index (κ1) is 16.5. The number of benzene rings is 1. The van der Waals surface area contributed by atoms with E-state index in [0.29, 0.717) is 16.9 Å². The number of anilines is 2. The van der Waals surface area contributed by atoms with Crippen LogP contribution in [-0.2, 0) is 6.67 Å². The molecule has 3 rings (SSSR count). The highest BCUT2D eigenvalue weighted by atomic mass is 32.1. The third-order valence-corrected chi connectivity index (χ3v) is 5.65. The molecule has 1 aromatic heterocycles. The fourth-order valence-electron chi connectivity index (χ4n) is 3.10. The van der Waals surface area contributed by atoms with Gasteiger partial charge in [0.05, 0.1) is 18.8 Å². The predicted octanol–water partition coefficient (Wildman–Crippen LogP) is 3.36. The van der Waals surface area contributed by atoms with Crippen molar-refractivity contribution in [2.24, 2.45) is 0 Å². The molecule has 1 fully saturated rings. The third-order valence-electron chi connectivity index (χ3n) is 4.42. The minimum atomic E-state index is -0.287. The lowest BCUT2D eigenvalue weighted by Crippen LogP contribution is -3.12. The average Bonchev–Trinajstić information content (AvgIpc) is 2.90. The largest absolute Gasteiger partial charge is 0.328 e. The van der Waals surface area contributed by atoms with E-state index in [4.69, 9.17) is 12.2 Å². The average molecular weight is 354 g/mol. The van der Waals surface area contributed by atoms with Gasteiger partial charge < -0.3 is 10.2 Å². The van der Waals surface area contributed by atoms with Gasteiger partial charge in [-0.1, -0.05) is 29.9 Å². The Morgan fingerprint density at radius 1 is 1.35 bits per heavy atom. The molecule has 0 spiro atoms. The molecule has 0 amide bonds. The molecule has 1 heterocycles. The molecule has 1 aliphatic rings. The number of hydrogen-bond donors (Lipinski definition) is 2.